The van der Waals surface area contributed by atoms with Gasteiger partial charge in [-0.1, -0.05) is 46.9 Å². The lowest BCUT2D eigenvalue weighted by Crippen LogP contribution is -1.81. The van der Waals surface area contributed by atoms with Crippen LogP contribution in [0.5, 0.6) is 0 Å². The number of thioether (sulfide) groups is 1. The summed E-state index contributed by atoms with van der Waals surface area (Å²) in [6, 6.07) is 11.6. The second kappa shape index (κ2) is 5.53. The smallest absolute Gasteiger partial charge is 0.0607 e. The fourth-order valence-electron chi connectivity index (χ4n) is 1.51. The standard InChI is InChI=1S/C13H9Cl3S/c1-17-9-4-2-8(3-5-9)10-6-12(15)13(16)7-11(10)14/h2-7H,1H3. The van der Waals surface area contributed by atoms with Gasteiger partial charge in [0.15, 0.2) is 0 Å². The Labute approximate surface area is 120 Å². The molecule has 0 aliphatic carbocycles. The number of rotatable bonds is 2. The summed E-state index contributed by atoms with van der Waals surface area (Å²) in [5.74, 6) is 0. The molecule has 0 amide bonds. The Kier molecular flexibility index (Phi) is 4.26. The van der Waals surface area contributed by atoms with Crippen molar-refractivity contribution in [2.24, 2.45) is 0 Å². The van der Waals surface area contributed by atoms with Crippen molar-refractivity contribution in [3.05, 3.63) is 51.5 Å². The molecule has 4 heteroatoms. The van der Waals surface area contributed by atoms with E-state index in [1.807, 2.05) is 18.4 Å². The highest BCUT2D eigenvalue weighted by Gasteiger charge is 2.07. The van der Waals surface area contributed by atoms with Gasteiger partial charge in [-0.05, 0) is 36.1 Å². The van der Waals surface area contributed by atoms with E-state index in [4.69, 9.17) is 34.8 Å². The zero-order valence-electron chi connectivity index (χ0n) is 9.01. The molecule has 0 heterocycles. The maximum Gasteiger partial charge on any atom is 0.0607 e. The van der Waals surface area contributed by atoms with Crippen LogP contribution in [0.15, 0.2) is 41.3 Å². The van der Waals surface area contributed by atoms with E-state index in [1.54, 1.807) is 23.9 Å². The molecule has 0 saturated carbocycles. The molecule has 0 aliphatic heterocycles. The third kappa shape index (κ3) is 2.92. The molecular weight excluding hydrogens is 295 g/mol. The molecule has 0 spiro atoms. The lowest BCUT2D eigenvalue weighted by atomic mass is 10.1. The van der Waals surface area contributed by atoms with Crippen LogP contribution < -0.4 is 0 Å². The van der Waals surface area contributed by atoms with Gasteiger partial charge in [-0.2, -0.15) is 0 Å². The summed E-state index contributed by atoms with van der Waals surface area (Å²) < 4.78 is 0. The molecule has 2 rings (SSSR count). The summed E-state index contributed by atoms with van der Waals surface area (Å²) in [5.41, 5.74) is 1.93. The minimum atomic E-state index is 0.473. The molecule has 88 valence electrons. The molecule has 0 aliphatic rings. The van der Waals surface area contributed by atoms with Crippen LogP contribution in [0.1, 0.15) is 0 Å². The molecule has 0 N–H and O–H groups in total. The Morgan fingerprint density at radius 3 is 2.00 bits per heavy atom. The lowest BCUT2D eigenvalue weighted by molar-refractivity contribution is 1.46. The largest absolute Gasteiger partial charge is 0.130 e. The van der Waals surface area contributed by atoms with Crippen molar-refractivity contribution in [1.29, 1.82) is 0 Å². The van der Waals surface area contributed by atoms with Gasteiger partial charge in [-0.25, -0.2) is 0 Å². The third-order valence-corrected chi connectivity index (χ3v) is 4.19. The molecule has 2 aromatic rings. The summed E-state index contributed by atoms with van der Waals surface area (Å²) in [7, 11) is 0. The molecule has 0 nitrogen and oxygen atoms in total. The topological polar surface area (TPSA) is 0 Å². The quantitative estimate of drug-likeness (QED) is 0.482. The van der Waals surface area contributed by atoms with Crippen molar-refractivity contribution in [2.45, 2.75) is 4.90 Å². The first-order valence-corrected chi connectivity index (χ1v) is 7.26. The molecule has 0 fully saturated rings. The first kappa shape index (κ1) is 13.1. The molecular formula is C13H9Cl3S. The van der Waals surface area contributed by atoms with Gasteiger partial charge in [0.25, 0.3) is 0 Å². The van der Waals surface area contributed by atoms with Gasteiger partial charge in [-0.15, -0.1) is 11.8 Å². The van der Waals surface area contributed by atoms with Gasteiger partial charge in [-0.3, -0.25) is 0 Å². The number of hydrogen-bond donors (Lipinski definition) is 0. The van der Waals surface area contributed by atoms with Crippen LogP contribution in [0.25, 0.3) is 11.1 Å². The molecule has 0 unspecified atom stereocenters. The predicted molar refractivity (Wildman–Crippen MR) is 78.7 cm³/mol. The zero-order valence-corrected chi connectivity index (χ0v) is 12.1. The van der Waals surface area contributed by atoms with Gasteiger partial charge in [0.1, 0.15) is 0 Å². The normalized spacial score (nSPS) is 10.6. The summed E-state index contributed by atoms with van der Waals surface area (Å²) in [4.78, 5) is 1.21. The molecule has 17 heavy (non-hydrogen) atoms. The monoisotopic (exact) mass is 302 g/mol. The van der Waals surface area contributed by atoms with Crippen molar-refractivity contribution < 1.29 is 0 Å². The van der Waals surface area contributed by atoms with Crippen molar-refractivity contribution in [2.75, 3.05) is 6.26 Å². The predicted octanol–water partition coefficient (Wildman–Crippen LogP) is 6.04. The van der Waals surface area contributed by atoms with Crippen LogP contribution in [0.2, 0.25) is 15.1 Å². The Morgan fingerprint density at radius 1 is 0.824 bits per heavy atom. The van der Waals surface area contributed by atoms with Gasteiger partial charge < -0.3 is 0 Å². The Hall–Kier alpha value is -0.340. The summed E-state index contributed by atoms with van der Waals surface area (Å²) >= 11 is 19.8. The van der Waals surface area contributed by atoms with Crippen molar-refractivity contribution in [3.63, 3.8) is 0 Å². The van der Waals surface area contributed by atoms with E-state index >= 15 is 0 Å². The van der Waals surface area contributed by atoms with E-state index in [9.17, 15) is 0 Å². The first-order chi connectivity index (χ1) is 8.11. The molecule has 0 aromatic heterocycles. The minimum Gasteiger partial charge on any atom is -0.130 e. The van der Waals surface area contributed by atoms with Crippen LogP contribution in [-0.2, 0) is 0 Å². The molecule has 0 bridgehead atoms. The van der Waals surface area contributed by atoms with Crippen LogP contribution in [0, 0.1) is 0 Å². The van der Waals surface area contributed by atoms with E-state index in [0.29, 0.717) is 15.1 Å². The first-order valence-electron chi connectivity index (χ1n) is 4.91. The lowest BCUT2D eigenvalue weighted by Gasteiger charge is -2.07. The maximum absolute atomic E-state index is 6.16. The Morgan fingerprint density at radius 2 is 1.41 bits per heavy atom. The van der Waals surface area contributed by atoms with Crippen LogP contribution >= 0.6 is 46.6 Å². The average molecular weight is 304 g/mol. The summed E-state index contributed by atoms with van der Waals surface area (Å²) in [6.07, 6.45) is 2.04. The van der Waals surface area contributed by atoms with Gasteiger partial charge >= 0.3 is 0 Å². The van der Waals surface area contributed by atoms with E-state index in [1.165, 1.54) is 4.90 Å². The molecule has 2 aromatic carbocycles. The highest BCUT2D eigenvalue weighted by Crippen LogP contribution is 2.35. The van der Waals surface area contributed by atoms with Crippen LogP contribution in [0.4, 0.5) is 0 Å². The number of halogens is 3. The fourth-order valence-corrected chi connectivity index (χ4v) is 2.58. The number of hydrogen-bond acceptors (Lipinski definition) is 1. The second-order valence-corrected chi connectivity index (χ2v) is 5.58. The highest BCUT2D eigenvalue weighted by molar-refractivity contribution is 7.98. The van der Waals surface area contributed by atoms with Crippen LogP contribution in [-0.4, -0.2) is 6.26 Å². The Balaban J connectivity index is 2.48. The average Bonchev–Trinajstić information content (AvgIpc) is 2.34. The minimum absolute atomic E-state index is 0.473. The zero-order chi connectivity index (χ0) is 12.4. The van der Waals surface area contributed by atoms with Gasteiger partial charge in [0.05, 0.1) is 10.0 Å². The second-order valence-electron chi connectivity index (χ2n) is 3.47. The van der Waals surface area contributed by atoms with Crippen molar-refractivity contribution in [1.82, 2.24) is 0 Å². The van der Waals surface area contributed by atoms with E-state index < -0.39 is 0 Å². The SMILES string of the molecule is CSc1ccc(-c2cc(Cl)c(Cl)cc2Cl)cc1. The summed E-state index contributed by atoms with van der Waals surface area (Å²) in [5, 5.41) is 1.59. The summed E-state index contributed by atoms with van der Waals surface area (Å²) in [6.45, 7) is 0. The van der Waals surface area contributed by atoms with Crippen molar-refractivity contribution in [3.8, 4) is 11.1 Å². The van der Waals surface area contributed by atoms with E-state index in [2.05, 4.69) is 12.1 Å². The third-order valence-electron chi connectivity index (χ3n) is 2.41. The van der Waals surface area contributed by atoms with E-state index in [-0.39, 0.29) is 0 Å². The fraction of sp³-hybridized carbons (Fsp3) is 0.0769. The maximum atomic E-state index is 6.16. The highest BCUT2D eigenvalue weighted by atomic mass is 35.5. The van der Waals surface area contributed by atoms with Gasteiger partial charge in [0, 0.05) is 15.5 Å². The Bertz CT molecular complexity index is 535. The molecule has 0 atom stereocenters. The van der Waals surface area contributed by atoms with Gasteiger partial charge in [0.2, 0.25) is 0 Å². The number of benzene rings is 2. The van der Waals surface area contributed by atoms with Crippen LogP contribution in [0.3, 0.4) is 0 Å². The molecule has 0 saturated heterocycles. The van der Waals surface area contributed by atoms with Crippen molar-refractivity contribution >= 4 is 46.6 Å². The van der Waals surface area contributed by atoms with E-state index in [0.717, 1.165) is 11.1 Å². The molecule has 0 radical (unpaired) electrons.